The Hall–Kier alpha value is -1.88. The Morgan fingerprint density at radius 3 is 2.71 bits per heavy atom. The number of benzene rings is 1. The largest absolute Gasteiger partial charge is 0.366 e. The van der Waals surface area contributed by atoms with Crippen molar-refractivity contribution in [2.75, 3.05) is 11.9 Å². The Labute approximate surface area is 125 Å². The average Bonchev–Trinajstić information content (AvgIpc) is 2.91. The van der Waals surface area contributed by atoms with Crippen molar-refractivity contribution in [1.82, 2.24) is 5.32 Å². The first kappa shape index (κ1) is 15.5. The van der Waals surface area contributed by atoms with Crippen LogP contribution in [-0.2, 0) is 4.79 Å². The van der Waals surface area contributed by atoms with Crippen LogP contribution in [0.1, 0.15) is 48.5 Å². The van der Waals surface area contributed by atoms with Crippen molar-refractivity contribution in [2.45, 2.75) is 45.1 Å². The van der Waals surface area contributed by atoms with E-state index >= 15 is 0 Å². The second kappa shape index (κ2) is 6.26. The molecule has 1 saturated heterocycles. The van der Waals surface area contributed by atoms with Gasteiger partial charge in [-0.15, -0.1) is 0 Å². The molecule has 1 atom stereocenters. The molecule has 114 valence electrons. The fourth-order valence-electron chi connectivity index (χ4n) is 2.95. The number of nitrogens with one attached hydrogen (secondary N) is 2. The van der Waals surface area contributed by atoms with Gasteiger partial charge in [0.15, 0.2) is 0 Å². The SMILES string of the molecule is CCCC1(C(=O)Nc2ccc(C(N)=O)cc2C)CCCN1. The number of anilines is 1. The minimum atomic E-state index is -0.462. The smallest absolute Gasteiger partial charge is 0.248 e. The number of hydrogen-bond donors (Lipinski definition) is 3. The van der Waals surface area contributed by atoms with Gasteiger partial charge in [0.25, 0.3) is 0 Å². The van der Waals surface area contributed by atoms with Crippen molar-refractivity contribution in [2.24, 2.45) is 5.73 Å². The van der Waals surface area contributed by atoms with Gasteiger partial charge < -0.3 is 16.4 Å². The van der Waals surface area contributed by atoms with Gasteiger partial charge >= 0.3 is 0 Å². The van der Waals surface area contributed by atoms with E-state index in [1.807, 2.05) is 6.92 Å². The Kier molecular flexibility index (Phi) is 4.63. The summed E-state index contributed by atoms with van der Waals surface area (Å²) in [6.45, 7) is 4.82. The van der Waals surface area contributed by atoms with E-state index in [-0.39, 0.29) is 5.91 Å². The number of nitrogens with two attached hydrogens (primary N) is 1. The summed E-state index contributed by atoms with van der Waals surface area (Å²) in [5.74, 6) is -0.451. The molecule has 1 fully saturated rings. The third kappa shape index (κ3) is 3.24. The van der Waals surface area contributed by atoms with Crippen LogP contribution >= 0.6 is 0 Å². The maximum absolute atomic E-state index is 12.6. The van der Waals surface area contributed by atoms with E-state index in [9.17, 15) is 9.59 Å². The lowest BCUT2D eigenvalue weighted by Crippen LogP contribution is -2.50. The summed E-state index contributed by atoms with van der Waals surface area (Å²) in [6.07, 6.45) is 3.68. The normalized spacial score (nSPS) is 21.2. The predicted molar refractivity (Wildman–Crippen MR) is 83.2 cm³/mol. The lowest BCUT2D eigenvalue weighted by atomic mass is 9.90. The van der Waals surface area contributed by atoms with Crippen LogP contribution < -0.4 is 16.4 Å². The molecule has 5 heteroatoms. The Bertz CT molecular complexity index is 548. The molecule has 0 bridgehead atoms. The molecule has 1 heterocycles. The molecule has 1 aromatic rings. The molecular weight excluding hydrogens is 266 g/mol. The van der Waals surface area contributed by atoms with Gasteiger partial charge in [-0.2, -0.15) is 0 Å². The molecule has 21 heavy (non-hydrogen) atoms. The topological polar surface area (TPSA) is 84.2 Å². The van der Waals surface area contributed by atoms with E-state index in [2.05, 4.69) is 17.6 Å². The van der Waals surface area contributed by atoms with Gasteiger partial charge in [0.2, 0.25) is 11.8 Å². The van der Waals surface area contributed by atoms with Gasteiger partial charge in [-0.25, -0.2) is 0 Å². The minimum absolute atomic E-state index is 0.0109. The van der Waals surface area contributed by atoms with Gasteiger partial charge in [0.1, 0.15) is 0 Å². The van der Waals surface area contributed by atoms with Crippen molar-refractivity contribution in [3.8, 4) is 0 Å². The molecule has 0 spiro atoms. The maximum Gasteiger partial charge on any atom is 0.248 e. The Morgan fingerprint density at radius 2 is 2.19 bits per heavy atom. The highest BCUT2D eigenvalue weighted by Gasteiger charge is 2.39. The van der Waals surface area contributed by atoms with E-state index < -0.39 is 11.4 Å². The zero-order chi connectivity index (χ0) is 15.5. The standard InChI is InChI=1S/C16H23N3O2/c1-3-7-16(8-4-9-18-16)15(21)19-13-6-5-12(14(17)20)10-11(13)2/h5-6,10,18H,3-4,7-9H2,1-2H3,(H2,17,20)(H,19,21). The molecule has 0 radical (unpaired) electrons. The summed E-state index contributed by atoms with van der Waals surface area (Å²) in [5.41, 5.74) is 6.82. The summed E-state index contributed by atoms with van der Waals surface area (Å²) < 4.78 is 0. The van der Waals surface area contributed by atoms with Crippen molar-refractivity contribution in [3.05, 3.63) is 29.3 Å². The van der Waals surface area contributed by atoms with E-state index in [1.54, 1.807) is 18.2 Å². The molecule has 1 aliphatic rings. The fraction of sp³-hybridized carbons (Fsp3) is 0.500. The first-order valence-corrected chi connectivity index (χ1v) is 7.45. The van der Waals surface area contributed by atoms with Crippen LogP contribution in [-0.4, -0.2) is 23.9 Å². The lowest BCUT2D eigenvalue weighted by Gasteiger charge is -2.28. The molecule has 1 unspecified atom stereocenters. The first-order chi connectivity index (χ1) is 9.98. The molecule has 4 N–H and O–H groups in total. The van der Waals surface area contributed by atoms with Gasteiger partial charge in [-0.1, -0.05) is 13.3 Å². The highest BCUT2D eigenvalue weighted by Crippen LogP contribution is 2.27. The van der Waals surface area contributed by atoms with Crippen molar-refractivity contribution >= 4 is 17.5 Å². The monoisotopic (exact) mass is 289 g/mol. The number of hydrogen-bond acceptors (Lipinski definition) is 3. The molecule has 5 nitrogen and oxygen atoms in total. The molecule has 1 aliphatic heterocycles. The fourth-order valence-corrected chi connectivity index (χ4v) is 2.95. The number of rotatable bonds is 5. The van der Waals surface area contributed by atoms with Crippen LogP contribution in [0.4, 0.5) is 5.69 Å². The molecule has 2 amide bonds. The molecule has 2 rings (SSSR count). The number of carbonyl (C=O) groups is 2. The number of amides is 2. The molecule has 0 saturated carbocycles. The third-order valence-electron chi connectivity index (χ3n) is 4.11. The lowest BCUT2D eigenvalue weighted by molar-refractivity contribution is -0.122. The van der Waals surface area contributed by atoms with Crippen molar-refractivity contribution in [1.29, 1.82) is 0 Å². The number of carbonyl (C=O) groups excluding carboxylic acids is 2. The quantitative estimate of drug-likeness (QED) is 0.774. The maximum atomic E-state index is 12.6. The number of primary amides is 1. The summed E-state index contributed by atoms with van der Waals surface area (Å²) in [5, 5.41) is 6.34. The first-order valence-electron chi connectivity index (χ1n) is 7.45. The van der Waals surface area contributed by atoms with Crippen molar-refractivity contribution < 1.29 is 9.59 Å². The summed E-state index contributed by atoms with van der Waals surface area (Å²) >= 11 is 0. The van der Waals surface area contributed by atoms with E-state index in [4.69, 9.17) is 5.73 Å². The molecule has 0 aromatic heterocycles. The summed E-state index contributed by atoms with van der Waals surface area (Å²) in [7, 11) is 0. The van der Waals surface area contributed by atoms with Crippen LogP contribution in [0.15, 0.2) is 18.2 Å². The Morgan fingerprint density at radius 1 is 1.43 bits per heavy atom. The predicted octanol–water partition coefficient (Wildman–Crippen LogP) is 1.95. The third-order valence-corrected chi connectivity index (χ3v) is 4.11. The van der Waals surface area contributed by atoms with Crippen LogP contribution in [0.25, 0.3) is 0 Å². The zero-order valence-electron chi connectivity index (χ0n) is 12.7. The van der Waals surface area contributed by atoms with Crippen LogP contribution in [0.2, 0.25) is 0 Å². The second-order valence-electron chi connectivity index (χ2n) is 5.71. The number of aryl methyl sites for hydroxylation is 1. The Balaban J connectivity index is 2.17. The van der Waals surface area contributed by atoms with E-state index in [0.29, 0.717) is 5.56 Å². The minimum Gasteiger partial charge on any atom is -0.366 e. The van der Waals surface area contributed by atoms with Crippen molar-refractivity contribution in [3.63, 3.8) is 0 Å². The van der Waals surface area contributed by atoms with Gasteiger partial charge in [-0.3, -0.25) is 9.59 Å². The molecule has 1 aromatic carbocycles. The average molecular weight is 289 g/mol. The van der Waals surface area contributed by atoms with Crippen LogP contribution in [0, 0.1) is 6.92 Å². The highest BCUT2D eigenvalue weighted by molar-refractivity contribution is 6.00. The van der Waals surface area contributed by atoms with Crippen LogP contribution in [0.5, 0.6) is 0 Å². The highest BCUT2D eigenvalue weighted by atomic mass is 16.2. The van der Waals surface area contributed by atoms with E-state index in [1.165, 1.54) is 0 Å². The van der Waals surface area contributed by atoms with Crippen LogP contribution in [0.3, 0.4) is 0 Å². The second-order valence-corrected chi connectivity index (χ2v) is 5.71. The van der Waals surface area contributed by atoms with Gasteiger partial charge in [0, 0.05) is 11.3 Å². The van der Waals surface area contributed by atoms with E-state index in [0.717, 1.165) is 43.5 Å². The van der Waals surface area contributed by atoms with Gasteiger partial charge in [-0.05, 0) is 56.5 Å². The molecular formula is C16H23N3O2. The summed E-state index contributed by atoms with van der Waals surface area (Å²) in [4.78, 5) is 23.8. The van der Waals surface area contributed by atoms with Gasteiger partial charge in [0.05, 0.1) is 5.54 Å². The summed E-state index contributed by atoms with van der Waals surface area (Å²) in [6, 6.07) is 5.08. The molecule has 0 aliphatic carbocycles. The zero-order valence-corrected chi connectivity index (χ0v) is 12.7.